The first kappa shape index (κ1) is 33.2. The summed E-state index contributed by atoms with van der Waals surface area (Å²) in [5.41, 5.74) is 1.72. The van der Waals surface area contributed by atoms with Gasteiger partial charge < -0.3 is 15.0 Å². The van der Waals surface area contributed by atoms with Crippen LogP contribution < -0.4 is 14.4 Å². The zero-order valence-electron chi connectivity index (χ0n) is 24.4. The molecule has 2 atom stereocenters. The first-order valence-corrected chi connectivity index (χ1v) is 15.9. The first-order chi connectivity index (χ1) is 19.9. The molecule has 8 nitrogen and oxygen atoms in total. The van der Waals surface area contributed by atoms with Gasteiger partial charge in [0.2, 0.25) is 11.8 Å². The normalized spacial score (nSPS) is 12.7. The minimum atomic E-state index is -4.24. The van der Waals surface area contributed by atoms with Gasteiger partial charge in [0.15, 0.2) is 0 Å². The predicted octanol–water partition coefficient (Wildman–Crippen LogP) is 6.23. The van der Waals surface area contributed by atoms with E-state index in [0.717, 1.165) is 15.4 Å². The Morgan fingerprint density at radius 2 is 1.60 bits per heavy atom. The van der Waals surface area contributed by atoms with Crippen LogP contribution in [0.5, 0.6) is 5.75 Å². The van der Waals surface area contributed by atoms with E-state index in [1.807, 2.05) is 33.8 Å². The lowest BCUT2D eigenvalue weighted by atomic mass is 10.1. The monoisotopic (exact) mass is 633 g/mol. The molecule has 1 N–H and O–H groups in total. The van der Waals surface area contributed by atoms with E-state index in [4.69, 9.17) is 27.9 Å². The summed E-state index contributed by atoms with van der Waals surface area (Å²) in [4.78, 5) is 29.0. The second-order valence-electron chi connectivity index (χ2n) is 10.1. The van der Waals surface area contributed by atoms with Crippen molar-refractivity contribution in [3.8, 4) is 5.75 Å². The van der Waals surface area contributed by atoms with E-state index in [0.29, 0.717) is 18.6 Å². The summed E-state index contributed by atoms with van der Waals surface area (Å²) in [5, 5.41) is 3.38. The molecule has 3 rings (SSSR count). The van der Waals surface area contributed by atoms with Crippen LogP contribution in [0.15, 0.2) is 71.6 Å². The topological polar surface area (TPSA) is 96.0 Å². The van der Waals surface area contributed by atoms with Crippen LogP contribution in [0, 0.1) is 6.92 Å². The van der Waals surface area contributed by atoms with Crippen molar-refractivity contribution in [1.29, 1.82) is 0 Å². The summed E-state index contributed by atoms with van der Waals surface area (Å²) < 4.78 is 34.3. The molecule has 3 aromatic carbocycles. The summed E-state index contributed by atoms with van der Waals surface area (Å²) in [6.07, 6.45) is 1.02. The highest BCUT2D eigenvalue weighted by molar-refractivity contribution is 7.92. The molecule has 0 heterocycles. The van der Waals surface area contributed by atoms with Gasteiger partial charge in [0.1, 0.15) is 18.3 Å². The van der Waals surface area contributed by atoms with E-state index >= 15 is 0 Å². The fourth-order valence-electron chi connectivity index (χ4n) is 4.38. The molecule has 2 amide bonds. The molecule has 0 radical (unpaired) electrons. The second-order valence-corrected chi connectivity index (χ2v) is 12.8. The number of amides is 2. The lowest BCUT2D eigenvalue weighted by Gasteiger charge is -2.34. The standard InChI is InChI=1S/C31H37Cl2N3O5S/c1-6-22(4)34-31(38)29(7-2)35(19-23-9-8-10-27(15-23)41-5)30(37)20-36(26-17-24(32)16-25(33)18-26)42(39,40)28-13-11-21(3)12-14-28/h8-18,22,29H,6-7,19-20H2,1-5H3,(H,34,38)/t22-,29-/m0/s1. The Bertz CT molecular complexity index is 1480. The van der Waals surface area contributed by atoms with Gasteiger partial charge in [-0.3, -0.25) is 13.9 Å². The molecule has 11 heteroatoms. The zero-order chi connectivity index (χ0) is 31.0. The van der Waals surface area contributed by atoms with Crippen LogP contribution in [0.2, 0.25) is 10.0 Å². The van der Waals surface area contributed by atoms with Crippen LogP contribution in [-0.2, 0) is 26.2 Å². The highest BCUT2D eigenvalue weighted by atomic mass is 35.5. The molecule has 0 bridgehead atoms. The number of carbonyl (C=O) groups excluding carboxylic acids is 2. The minimum absolute atomic E-state index is 0.00195. The Balaban J connectivity index is 2.10. The number of hydrogen-bond donors (Lipinski definition) is 1. The van der Waals surface area contributed by atoms with Gasteiger partial charge in [-0.2, -0.15) is 0 Å². The van der Waals surface area contributed by atoms with E-state index in [1.54, 1.807) is 37.4 Å². The molecule has 0 unspecified atom stereocenters. The molecule has 42 heavy (non-hydrogen) atoms. The number of nitrogens with zero attached hydrogens (tertiary/aromatic N) is 2. The third kappa shape index (κ3) is 8.40. The third-order valence-electron chi connectivity index (χ3n) is 6.90. The molecular formula is C31H37Cl2N3O5S. The van der Waals surface area contributed by atoms with Crippen molar-refractivity contribution in [1.82, 2.24) is 10.2 Å². The smallest absolute Gasteiger partial charge is 0.264 e. The predicted molar refractivity (Wildman–Crippen MR) is 168 cm³/mol. The van der Waals surface area contributed by atoms with Crippen LogP contribution in [0.4, 0.5) is 5.69 Å². The highest BCUT2D eigenvalue weighted by Gasteiger charge is 2.34. The number of nitrogens with one attached hydrogen (secondary N) is 1. The zero-order valence-corrected chi connectivity index (χ0v) is 26.8. The molecule has 3 aromatic rings. The molecule has 0 aliphatic heterocycles. The van der Waals surface area contributed by atoms with Gasteiger partial charge in [-0.25, -0.2) is 8.42 Å². The Hall–Kier alpha value is -3.27. The summed E-state index contributed by atoms with van der Waals surface area (Å²) >= 11 is 12.5. The number of sulfonamides is 1. The summed E-state index contributed by atoms with van der Waals surface area (Å²) in [6, 6.07) is 16.9. The molecule has 0 aliphatic rings. The number of aryl methyl sites for hydroxylation is 1. The maximum Gasteiger partial charge on any atom is 0.264 e. The first-order valence-electron chi connectivity index (χ1n) is 13.7. The van der Waals surface area contributed by atoms with Crippen molar-refractivity contribution in [2.24, 2.45) is 0 Å². The number of anilines is 1. The lowest BCUT2D eigenvalue weighted by Crippen LogP contribution is -2.53. The number of ether oxygens (including phenoxy) is 1. The number of hydrogen-bond acceptors (Lipinski definition) is 5. The van der Waals surface area contributed by atoms with E-state index in [2.05, 4.69) is 5.32 Å². The average Bonchev–Trinajstić information content (AvgIpc) is 2.95. The van der Waals surface area contributed by atoms with Gasteiger partial charge in [-0.15, -0.1) is 0 Å². The lowest BCUT2D eigenvalue weighted by molar-refractivity contribution is -0.140. The van der Waals surface area contributed by atoms with E-state index < -0.39 is 28.5 Å². The van der Waals surface area contributed by atoms with Crippen molar-refractivity contribution in [3.05, 3.63) is 87.9 Å². The fourth-order valence-corrected chi connectivity index (χ4v) is 6.29. The van der Waals surface area contributed by atoms with Crippen molar-refractivity contribution < 1.29 is 22.7 Å². The van der Waals surface area contributed by atoms with Gasteiger partial charge in [0, 0.05) is 22.6 Å². The highest BCUT2D eigenvalue weighted by Crippen LogP contribution is 2.30. The summed E-state index contributed by atoms with van der Waals surface area (Å²) in [7, 11) is -2.70. The largest absolute Gasteiger partial charge is 0.497 e. The Morgan fingerprint density at radius 1 is 0.952 bits per heavy atom. The third-order valence-corrected chi connectivity index (χ3v) is 9.12. The van der Waals surface area contributed by atoms with E-state index in [1.165, 1.54) is 35.2 Å². The van der Waals surface area contributed by atoms with Crippen molar-refractivity contribution in [2.45, 2.75) is 64.1 Å². The number of benzene rings is 3. The summed E-state index contributed by atoms with van der Waals surface area (Å²) in [5.74, 6) is -0.299. The van der Waals surface area contributed by atoms with Crippen LogP contribution in [0.3, 0.4) is 0 Å². The molecular weight excluding hydrogens is 597 g/mol. The Kier molecular flexibility index (Phi) is 11.7. The fraction of sp³-hybridized carbons (Fsp3) is 0.355. The maximum atomic E-state index is 14.2. The molecule has 0 spiro atoms. The summed E-state index contributed by atoms with van der Waals surface area (Å²) in [6.45, 7) is 6.96. The maximum absolute atomic E-state index is 14.2. The Labute approximate surface area is 258 Å². The van der Waals surface area contributed by atoms with Crippen molar-refractivity contribution in [3.63, 3.8) is 0 Å². The molecule has 0 saturated heterocycles. The number of methoxy groups -OCH3 is 1. The molecule has 0 aliphatic carbocycles. The average molecular weight is 635 g/mol. The number of rotatable bonds is 13. The second kappa shape index (κ2) is 14.8. The van der Waals surface area contributed by atoms with Crippen LogP contribution in [-0.4, -0.2) is 50.9 Å². The van der Waals surface area contributed by atoms with Gasteiger partial charge in [0.25, 0.3) is 10.0 Å². The van der Waals surface area contributed by atoms with Gasteiger partial charge >= 0.3 is 0 Å². The van der Waals surface area contributed by atoms with Gasteiger partial charge in [-0.1, -0.05) is 66.9 Å². The molecule has 226 valence electrons. The Morgan fingerprint density at radius 3 is 2.17 bits per heavy atom. The van der Waals surface area contributed by atoms with Crippen molar-refractivity contribution >= 4 is 50.7 Å². The van der Waals surface area contributed by atoms with Crippen molar-refractivity contribution in [2.75, 3.05) is 18.0 Å². The SMILES string of the molecule is CC[C@H](C)NC(=O)[C@H](CC)N(Cc1cccc(OC)c1)C(=O)CN(c1cc(Cl)cc(Cl)c1)S(=O)(=O)c1ccc(C)cc1. The van der Waals surface area contributed by atoms with Gasteiger partial charge in [0.05, 0.1) is 17.7 Å². The van der Waals surface area contributed by atoms with Crippen LogP contribution in [0.25, 0.3) is 0 Å². The van der Waals surface area contributed by atoms with E-state index in [9.17, 15) is 18.0 Å². The number of carbonyl (C=O) groups is 2. The molecule has 0 saturated carbocycles. The molecule has 0 aromatic heterocycles. The van der Waals surface area contributed by atoms with E-state index in [-0.39, 0.29) is 39.1 Å². The number of halogens is 2. The van der Waals surface area contributed by atoms with Crippen LogP contribution in [0.1, 0.15) is 44.7 Å². The molecule has 0 fully saturated rings. The minimum Gasteiger partial charge on any atom is -0.497 e. The van der Waals surface area contributed by atoms with Gasteiger partial charge in [-0.05, 0) is 74.7 Å². The van der Waals surface area contributed by atoms with Crippen LogP contribution >= 0.6 is 23.2 Å². The quantitative estimate of drug-likeness (QED) is 0.241.